The van der Waals surface area contributed by atoms with E-state index in [4.69, 9.17) is 33.7 Å². The minimum absolute atomic E-state index is 0. The maximum absolute atomic E-state index is 12.5. The molecule has 0 radical (unpaired) electrons. The number of hydrogen-bond acceptors (Lipinski definition) is 4. The number of benzene rings is 1. The summed E-state index contributed by atoms with van der Waals surface area (Å²) in [6, 6.07) is 4.95. The Balaban J connectivity index is 0.00000312. The molecule has 2 rings (SSSR count). The van der Waals surface area contributed by atoms with Crippen molar-refractivity contribution >= 4 is 53.1 Å². The van der Waals surface area contributed by atoms with E-state index in [2.05, 4.69) is 5.32 Å². The van der Waals surface area contributed by atoms with Crippen LogP contribution in [0, 0.1) is 0 Å². The molecule has 1 aromatic carbocycles. The molecular formula is C16H22Cl3N3O3. The Hall–Kier alpha value is -1.05. The van der Waals surface area contributed by atoms with Gasteiger partial charge in [-0.25, -0.2) is 0 Å². The third kappa shape index (κ3) is 5.72. The first-order valence-electron chi connectivity index (χ1n) is 7.84. The molecular weight excluding hydrogens is 389 g/mol. The number of nitrogens with two attached hydrogens (primary N) is 1. The third-order valence-corrected chi connectivity index (χ3v) is 4.53. The molecule has 1 aromatic rings. The van der Waals surface area contributed by atoms with Crippen LogP contribution in [0.25, 0.3) is 0 Å². The highest BCUT2D eigenvalue weighted by molar-refractivity contribution is 6.39. The summed E-state index contributed by atoms with van der Waals surface area (Å²) in [7, 11) is 0. The van der Waals surface area contributed by atoms with Crippen molar-refractivity contribution in [2.45, 2.75) is 32.0 Å². The maximum atomic E-state index is 12.5. The molecule has 1 fully saturated rings. The molecule has 140 valence electrons. The lowest BCUT2D eigenvalue weighted by Crippen LogP contribution is -2.43. The fourth-order valence-corrected chi connectivity index (χ4v) is 3.07. The number of rotatable bonds is 6. The van der Waals surface area contributed by atoms with E-state index >= 15 is 0 Å². The van der Waals surface area contributed by atoms with Crippen LogP contribution in [0.15, 0.2) is 18.2 Å². The largest absolute Gasteiger partial charge is 0.364 e. The number of para-hydroxylation sites is 1. The number of halogens is 3. The minimum atomic E-state index is -0.532. The van der Waals surface area contributed by atoms with Gasteiger partial charge in [-0.3, -0.25) is 9.59 Å². The second-order valence-corrected chi connectivity index (χ2v) is 6.37. The number of carbonyl (C=O) groups is 2. The third-order valence-electron chi connectivity index (χ3n) is 3.90. The van der Waals surface area contributed by atoms with Crippen LogP contribution in [-0.4, -0.2) is 48.6 Å². The summed E-state index contributed by atoms with van der Waals surface area (Å²) in [4.78, 5) is 26.2. The quantitative estimate of drug-likeness (QED) is 0.755. The van der Waals surface area contributed by atoms with Crippen LogP contribution in [-0.2, 0) is 14.3 Å². The lowest BCUT2D eigenvalue weighted by molar-refractivity contribution is -0.144. The smallest absolute Gasteiger partial charge is 0.252 e. The number of carbonyl (C=O) groups excluding carboxylic acids is 2. The SMILES string of the molecule is CCN(CC(=O)Nc1c(Cl)cccc1Cl)C(=O)[C@@H]1CC[C@H](CN)O1.Cl. The predicted molar refractivity (Wildman–Crippen MR) is 102 cm³/mol. The fraction of sp³-hybridized carbons (Fsp3) is 0.500. The molecule has 0 spiro atoms. The molecule has 1 aliphatic heterocycles. The van der Waals surface area contributed by atoms with Gasteiger partial charge < -0.3 is 20.7 Å². The van der Waals surface area contributed by atoms with Crippen molar-refractivity contribution in [1.29, 1.82) is 0 Å². The second kappa shape index (κ2) is 10.2. The Morgan fingerprint density at radius 3 is 2.48 bits per heavy atom. The Morgan fingerprint density at radius 2 is 1.96 bits per heavy atom. The number of likely N-dealkylation sites (N-methyl/N-ethyl adjacent to an activating group) is 1. The molecule has 0 saturated carbocycles. The summed E-state index contributed by atoms with van der Waals surface area (Å²) in [5.74, 6) is -0.567. The Kier molecular flexibility index (Phi) is 8.96. The Bertz CT molecular complexity index is 595. The van der Waals surface area contributed by atoms with Gasteiger partial charge in [0, 0.05) is 13.1 Å². The molecule has 1 saturated heterocycles. The van der Waals surface area contributed by atoms with Crippen LogP contribution < -0.4 is 11.1 Å². The predicted octanol–water partition coefficient (Wildman–Crippen LogP) is 2.71. The summed E-state index contributed by atoms with van der Waals surface area (Å²) >= 11 is 12.1. The first-order chi connectivity index (χ1) is 11.5. The van der Waals surface area contributed by atoms with Crippen LogP contribution in [0.1, 0.15) is 19.8 Å². The average molecular weight is 411 g/mol. The van der Waals surface area contributed by atoms with Gasteiger partial charge in [-0.2, -0.15) is 0 Å². The number of amides is 2. The zero-order chi connectivity index (χ0) is 17.7. The summed E-state index contributed by atoms with van der Waals surface area (Å²) in [5, 5.41) is 3.34. The van der Waals surface area contributed by atoms with Crippen LogP contribution in [0.3, 0.4) is 0 Å². The first-order valence-corrected chi connectivity index (χ1v) is 8.60. The lowest BCUT2D eigenvalue weighted by atomic mass is 10.2. The highest BCUT2D eigenvalue weighted by Crippen LogP contribution is 2.29. The van der Waals surface area contributed by atoms with E-state index in [1.165, 1.54) is 4.90 Å². The van der Waals surface area contributed by atoms with E-state index in [0.717, 1.165) is 6.42 Å². The van der Waals surface area contributed by atoms with Gasteiger partial charge in [-0.05, 0) is 31.9 Å². The van der Waals surface area contributed by atoms with Crippen molar-refractivity contribution in [1.82, 2.24) is 4.90 Å². The molecule has 2 amide bonds. The van der Waals surface area contributed by atoms with Gasteiger partial charge in [0.15, 0.2) is 0 Å². The molecule has 9 heteroatoms. The van der Waals surface area contributed by atoms with Gasteiger partial charge in [0.2, 0.25) is 5.91 Å². The molecule has 6 nitrogen and oxygen atoms in total. The van der Waals surface area contributed by atoms with Crippen molar-refractivity contribution in [2.24, 2.45) is 5.73 Å². The summed E-state index contributed by atoms with van der Waals surface area (Å²) < 4.78 is 5.60. The van der Waals surface area contributed by atoms with Crippen LogP contribution in [0.2, 0.25) is 10.0 Å². The maximum Gasteiger partial charge on any atom is 0.252 e. The number of ether oxygens (including phenoxy) is 1. The van der Waals surface area contributed by atoms with Gasteiger partial charge in [0.1, 0.15) is 6.10 Å². The number of hydrogen-bond donors (Lipinski definition) is 2. The van der Waals surface area contributed by atoms with E-state index in [-0.39, 0.29) is 36.9 Å². The van der Waals surface area contributed by atoms with Crippen molar-refractivity contribution in [2.75, 3.05) is 25.0 Å². The average Bonchev–Trinajstić information content (AvgIpc) is 3.04. The van der Waals surface area contributed by atoms with Gasteiger partial charge >= 0.3 is 0 Å². The van der Waals surface area contributed by atoms with Crippen molar-refractivity contribution in [3.8, 4) is 0 Å². The Morgan fingerprint density at radius 1 is 1.32 bits per heavy atom. The normalized spacial score (nSPS) is 19.2. The molecule has 1 aliphatic rings. The molecule has 3 N–H and O–H groups in total. The van der Waals surface area contributed by atoms with Gasteiger partial charge in [0.25, 0.3) is 5.91 Å². The minimum Gasteiger partial charge on any atom is -0.364 e. The molecule has 2 atom stereocenters. The van der Waals surface area contributed by atoms with E-state index < -0.39 is 6.10 Å². The zero-order valence-electron chi connectivity index (χ0n) is 13.8. The summed E-state index contributed by atoms with van der Waals surface area (Å²) in [6.07, 6.45) is 0.754. The second-order valence-electron chi connectivity index (χ2n) is 5.56. The standard InChI is InChI=1S/C16H21Cl2N3O3.ClH/c1-2-21(16(23)13-7-6-10(8-19)24-13)9-14(22)20-15-11(17)4-3-5-12(15)18;/h3-5,10,13H,2,6-9,19H2,1H3,(H,20,22);1H/t10-,13+;/m1./s1. The van der Waals surface area contributed by atoms with E-state index in [0.29, 0.717) is 35.2 Å². The topological polar surface area (TPSA) is 84.7 Å². The molecule has 0 aromatic heterocycles. The van der Waals surface area contributed by atoms with E-state index in [9.17, 15) is 9.59 Å². The van der Waals surface area contributed by atoms with E-state index in [1.54, 1.807) is 18.2 Å². The van der Waals surface area contributed by atoms with Crippen LogP contribution in [0.4, 0.5) is 5.69 Å². The summed E-state index contributed by atoms with van der Waals surface area (Å²) in [6.45, 7) is 2.50. The van der Waals surface area contributed by atoms with Crippen molar-refractivity contribution in [3.63, 3.8) is 0 Å². The molecule has 0 aliphatic carbocycles. The van der Waals surface area contributed by atoms with Crippen LogP contribution in [0.5, 0.6) is 0 Å². The monoisotopic (exact) mass is 409 g/mol. The highest BCUT2D eigenvalue weighted by atomic mass is 35.5. The number of nitrogens with zero attached hydrogens (tertiary/aromatic N) is 1. The Labute approximate surface area is 163 Å². The van der Waals surface area contributed by atoms with Crippen molar-refractivity contribution in [3.05, 3.63) is 28.2 Å². The van der Waals surface area contributed by atoms with Gasteiger partial charge in [-0.1, -0.05) is 29.3 Å². The number of anilines is 1. The molecule has 1 heterocycles. The zero-order valence-corrected chi connectivity index (χ0v) is 16.2. The molecule has 0 unspecified atom stereocenters. The van der Waals surface area contributed by atoms with E-state index in [1.807, 2.05) is 6.92 Å². The number of nitrogens with one attached hydrogen (secondary N) is 1. The highest BCUT2D eigenvalue weighted by Gasteiger charge is 2.33. The van der Waals surface area contributed by atoms with Crippen LogP contribution >= 0.6 is 35.6 Å². The fourth-order valence-electron chi connectivity index (χ4n) is 2.58. The molecule has 25 heavy (non-hydrogen) atoms. The lowest BCUT2D eigenvalue weighted by Gasteiger charge is -2.24. The van der Waals surface area contributed by atoms with Crippen molar-refractivity contribution < 1.29 is 14.3 Å². The summed E-state index contributed by atoms with van der Waals surface area (Å²) in [5.41, 5.74) is 5.90. The first kappa shape index (κ1) is 22.0. The van der Waals surface area contributed by atoms with Gasteiger partial charge in [0.05, 0.1) is 28.4 Å². The molecule has 0 bridgehead atoms. The van der Waals surface area contributed by atoms with Gasteiger partial charge in [-0.15, -0.1) is 12.4 Å².